The SMILES string of the molecule is CC(=O)NC(Cc1ccc(O)cc1)C(=O)OCCc1ccc(O)cc1. The monoisotopic (exact) mass is 343 g/mol. The van der Waals surface area contributed by atoms with Crippen LogP contribution in [0.1, 0.15) is 18.1 Å². The summed E-state index contributed by atoms with van der Waals surface area (Å²) in [6, 6.07) is 12.3. The number of carbonyl (C=O) groups is 2. The highest BCUT2D eigenvalue weighted by atomic mass is 16.5. The summed E-state index contributed by atoms with van der Waals surface area (Å²) < 4.78 is 5.27. The van der Waals surface area contributed by atoms with Crippen molar-refractivity contribution in [3.63, 3.8) is 0 Å². The molecular weight excluding hydrogens is 322 g/mol. The van der Waals surface area contributed by atoms with E-state index in [1.807, 2.05) is 0 Å². The summed E-state index contributed by atoms with van der Waals surface area (Å²) in [7, 11) is 0. The molecule has 132 valence electrons. The van der Waals surface area contributed by atoms with Gasteiger partial charge < -0.3 is 20.3 Å². The summed E-state index contributed by atoms with van der Waals surface area (Å²) >= 11 is 0. The van der Waals surface area contributed by atoms with E-state index in [9.17, 15) is 19.8 Å². The largest absolute Gasteiger partial charge is 0.508 e. The van der Waals surface area contributed by atoms with E-state index < -0.39 is 12.0 Å². The van der Waals surface area contributed by atoms with Crippen LogP contribution in [0.5, 0.6) is 11.5 Å². The van der Waals surface area contributed by atoms with E-state index in [2.05, 4.69) is 5.32 Å². The Morgan fingerprint density at radius 3 is 2.00 bits per heavy atom. The van der Waals surface area contributed by atoms with Gasteiger partial charge in [-0.05, 0) is 35.4 Å². The Balaban J connectivity index is 1.91. The molecule has 0 heterocycles. The number of aromatic hydroxyl groups is 2. The number of hydrogen-bond acceptors (Lipinski definition) is 5. The van der Waals surface area contributed by atoms with Crippen molar-refractivity contribution in [2.24, 2.45) is 0 Å². The first-order chi connectivity index (χ1) is 11.9. The van der Waals surface area contributed by atoms with Crippen molar-refractivity contribution in [1.29, 1.82) is 0 Å². The van der Waals surface area contributed by atoms with Crippen LogP contribution in [0.25, 0.3) is 0 Å². The van der Waals surface area contributed by atoms with Crippen molar-refractivity contribution in [2.75, 3.05) is 6.61 Å². The van der Waals surface area contributed by atoms with Crippen LogP contribution in [0, 0.1) is 0 Å². The predicted molar refractivity (Wildman–Crippen MR) is 92.2 cm³/mol. The smallest absolute Gasteiger partial charge is 0.328 e. The summed E-state index contributed by atoms with van der Waals surface area (Å²) in [6.07, 6.45) is 0.788. The molecule has 0 aliphatic heterocycles. The Bertz CT molecular complexity index is 710. The van der Waals surface area contributed by atoms with Gasteiger partial charge in [0.25, 0.3) is 0 Å². The highest BCUT2D eigenvalue weighted by molar-refractivity contribution is 5.83. The zero-order valence-electron chi connectivity index (χ0n) is 13.9. The maximum Gasteiger partial charge on any atom is 0.328 e. The molecule has 0 radical (unpaired) electrons. The summed E-state index contributed by atoms with van der Waals surface area (Å²) in [5.41, 5.74) is 1.73. The topological polar surface area (TPSA) is 95.9 Å². The highest BCUT2D eigenvalue weighted by Gasteiger charge is 2.21. The number of benzene rings is 2. The van der Waals surface area contributed by atoms with Gasteiger partial charge in [0.1, 0.15) is 17.5 Å². The van der Waals surface area contributed by atoms with E-state index >= 15 is 0 Å². The molecule has 0 bridgehead atoms. The van der Waals surface area contributed by atoms with Crippen LogP contribution in [-0.2, 0) is 27.2 Å². The lowest BCUT2D eigenvalue weighted by Gasteiger charge is -2.17. The van der Waals surface area contributed by atoms with Gasteiger partial charge in [-0.2, -0.15) is 0 Å². The number of phenolic OH excluding ortho intramolecular Hbond substituents is 2. The third-order valence-electron chi connectivity index (χ3n) is 3.61. The van der Waals surface area contributed by atoms with Crippen LogP contribution in [-0.4, -0.2) is 34.7 Å². The van der Waals surface area contributed by atoms with E-state index in [-0.39, 0.29) is 30.4 Å². The number of hydrogen-bond donors (Lipinski definition) is 3. The molecule has 1 unspecified atom stereocenters. The first kappa shape index (κ1) is 18.3. The van der Waals surface area contributed by atoms with Gasteiger partial charge in [0, 0.05) is 19.8 Å². The summed E-state index contributed by atoms with van der Waals surface area (Å²) in [6.45, 7) is 1.52. The quantitative estimate of drug-likeness (QED) is 0.668. The minimum absolute atomic E-state index is 0.135. The molecule has 0 aliphatic rings. The van der Waals surface area contributed by atoms with E-state index in [0.717, 1.165) is 11.1 Å². The van der Waals surface area contributed by atoms with Crippen LogP contribution in [0.3, 0.4) is 0 Å². The number of phenols is 2. The molecule has 0 spiro atoms. The average Bonchev–Trinajstić information content (AvgIpc) is 2.57. The molecule has 6 nitrogen and oxygen atoms in total. The van der Waals surface area contributed by atoms with E-state index in [1.165, 1.54) is 19.1 Å². The van der Waals surface area contributed by atoms with Gasteiger partial charge in [0.15, 0.2) is 0 Å². The van der Waals surface area contributed by atoms with Gasteiger partial charge >= 0.3 is 5.97 Å². The molecule has 2 aromatic carbocycles. The molecular formula is C19H21NO5. The van der Waals surface area contributed by atoms with Crippen LogP contribution >= 0.6 is 0 Å². The second-order valence-electron chi connectivity index (χ2n) is 5.71. The molecule has 1 atom stereocenters. The molecule has 0 fully saturated rings. The van der Waals surface area contributed by atoms with Crippen molar-refractivity contribution in [1.82, 2.24) is 5.32 Å². The number of rotatable bonds is 7. The van der Waals surface area contributed by atoms with Crippen molar-refractivity contribution in [3.8, 4) is 11.5 Å². The zero-order chi connectivity index (χ0) is 18.2. The Morgan fingerprint density at radius 1 is 0.960 bits per heavy atom. The number of ether oxygens (including phenoxy) is 1. The lowest BCUT2D eigenvalue weighted by Crippen LogP contribution is -2.42. The molecule has 2 rings (SSSR count). The molecule has 0 aliphatic carbocycles. The molecule has 25 heavy (non-hydrogen) atoms. The normalized spacial score (nSPS) is 11.6. The fourth-order valence-electron chi connectivity index (χ4n) is 2.34. The summed E-state index contributed by atoms with van der Waals surface area (Å²) in [4.78, 5) is 23.6. The maximum absolute atomic E-state index is 12.3. The number of amides is 1. The molecule has 2 aromatic rings. The molecule has 3 N–H and O–H groups in total. The first-order valence-electron chi connectivity index (χ1n) is 7.93. The van der Waals surface area contributed by atoms with Crippen LogP contribution in [0.2, 0.25) is 0 Å². The standard InChI is InChI=1S/C19H21NO5/c1-13(21)20-18(12-15-4-8-17(23)9-5-15)19(24)25-11-10-14-2-6-16(22)7-3-14/h2-9,18,22-23H,10-12H2,1H3,(H,20,21). The third-order valence-corrected chi connectivity index (χ3v) is 3.61. The van der Waals surface area contributed by atoms with Gasteiger partial charge in [-0.1, -0.05) is 24.3 Å². The van der Waals surface area contributed by atoms with Crippen molar-refractivity contribution in [2.45, 2.75) is 25.8 Å². The first-order valence-corrected chi connectivity index (χ1v) is 7.93. The Kier molecular flexibility index (Phi) is 6.39. The summed E-state index contributed by atoms with van der Waals surface area (Å²) in [5, 5.41) is 21.1. The lowest BCUT2D eigenvalue weighted by molar-refractivity contribution is -0.147. The minimum Gasteiger partial charge on any atom is -0.508 e. The van der Waals surface area contributed by atoms with Gasteiger partial charge in [-0.3, -0.25) is 4.79 Å². The second-order valence-corrected chi connectivity index (χ2v) is 5.71. The van der Waals surface area contributed by atoms with Crippen molar-refractivity contribution >= 4 is 11.9 Å². The number of carbonyl (C=O) groups excluding carboxylic acids is 2. The van der Waals surface area contributed by atoms with Crippen molar-refractivity contribution < 1.29 is 24.5 Å². The Hall–Kier alpha value is -3.02. The number of esters is 1. The molecule has 6 heteroatoms. The fourth-order valence-corrected chi connectivity index (χ4v) is 2.34. The van der Waals surface area contributed by atoms with Crippen LogP contribution in [0.4, 0.5) is 0 Å². The fraction of sp³-hybridized carbons (Fsp3) is 0.263. The Labute approximate surface area is 146 Å². The molecule has 1 amide bonds. The lowest BCUT2D eigenvalue weighted by atomic mass is 10.1. The van der Waals surface area contributed by atoms with Gasteiger partial charge in [0.05, 0.1) is 6.61 Å². The highest BCUT2D eigenvalue weighted by Crippen LogP contribution is 2.13. The van der Waals surface area contributed by atoms with Gasteiger partial charge in [-0.25, -0.2) is 4.79 Å². The van der Waals surface area contributed by atoms with Crippen LogP contribution in [0.15, 0.2) is 48.5 Å². The van der Waals surface area contributed by atoms with E-state index in [1.54, 1.807) is 36.4 Å². The van der Waals surface area contributed by atoms with Gasteiger partial charge in [0.2, 0.25) is 5.91 Å². The number of nitrogens with one attached hydrogen (secondary N) is 1. The molecule has 0 aromatic heterocycles. The van der Waals surface area contributed by atoms with Crippen LogP contribution < -0.4 is 5.32 Å². The average molecular weight is 343 g/mol. The van der Waals surface area contributed by atoms with Crippen molar-refractivity contribution in [3.05, 3.63) is 59.7 Å². The minimum atomic E-state index is -0.790. The maximum atomic E-state index is 12.3. The second kappa shape index (κ2) is 8.73. The van der Waals surface area contributed by atoms with Gasteiger partial charge in [-0.15, -0.1) is 0 Å². The Morgan fingerprint density at radius 2 is 1.48 bits per heavy atom. The molecule has 0 saturated carbocycles. The van der Waals surface area contributed by atoms with E-state index in [4.69, 9.17) is 4.74 Å². The predicted octanol–water partition coefficient (Wildman–Crippen LogP) is 1.93. The zero-order valence-corrected chi connectivity index (χ0v) is 13.9. The molecule has 0 saturated heterocycles. The summed E-state index contributed by atoms with van der Waals surface area (Å²) in [5.74, 6) is -0.516. The third kappa shape index (κ3) is 6.18. The van der Waals surface area contributed by atoms with E-state index in [0.29, 0.717) is 6.42 Å².